The highest BCUT2D eigenvalue weighted by Crippen LogP contribution is 2.36. The topological polar surface area (TPSA) is 17.1 Å². The molecule has 0 aliphatic heterocycles. The highest BCUT2D eigenvalue weighted by Gasteiger charge is 2.25. The van der Waals surface area contributed by atoms with Crippen LogP contribution in [0.25, 0.3) is 0 Å². The number of fused-ring (bicyclic) bond motifs is 1. The van der Waals surface area contributed by atoms with Gasteiger partial charge in [-0.05, 0) is 29.7 Å². The van der Waals surface area contributed by atoms with Crippen LogP contribution in [0.1, 0.15) is 40.2 Å². The monoisotopic (exact) mass is 300 g/mol. The summed E-state index contributed by atoms with van der Waals surface area (Å²) in [5.74, 6) is 0.631. The van der Waals surface area contributed by atoms with Gasteiger partial charge in [0.15, 0.2) is 5.78 Å². The van der Waals surface area contributed by atoms with E-state index in [2.05, 4.69) is 46.3 Å². The molecule has 1 atom stereocenters. The second-order valence-corrected chi connectivity index (χ2v) is 5.57. The lowest BCUT2D eigenvalue weighted by Crippen LogP contribution is -2.16. The molecule has 0 fully saturated rings. The van der Waals surface area contributed by atoms with Crippen LogP contribution in [0.15, 0.2) is 53.0 Å². The van der Waals surface area contributed by atoms with Crippen molar-refractivity contribution < 1.29 is 4.79 Å². The molecule has 1 aliphatic rings. The zero-order chi connectivity index (χ0) is 12.5. The van der Waals surface area contributed by atoms with E-state index in [4.69, 9.17) is 0 Å². The van der Waals surface area contributed by atoms with Gasteiger partial charge >= 0.3 is 0 Å². The number of halogens is 1. The molecule has 1 nitrogen and oxygen atoms in total. The fraction of sp³-hybridized carbons (Fsp3) is 0.188. The van der Waals surface area contributed by atoms with Crippen molar-refractivity contribution in [1.82, 2.24) is 0 Å². The second kappa shape index (κ2) is 4.69. The Kier molecular flexibility index (Phi) is 3.04. The minimum absolute atomic E-state index is 0.277. The van der Waals surface area contributed by atoms with E-state index in [1.807, 2.05) is 18.2 Å². The number of carbonyl (C=O) groups excluding carboxylic acids is 1. The first-order valence-corrected chi connectivity index (χ1v) is 6.92. The average Bonchev–Trinajstić information content (AvgIpc) is 2.41. The second-order valence-electron chi connectivity index (χ2n) is 4.65. The molecule has 2 aromatic carbocycles. The first kappa shape index (κ1) is 11.7. The van der Waals surface area contributed by atoms with Crippen LogP contribution in [0.5, 0.6) is 0 Å². The van der Waals surface area contributed by atoms with E-state index in [1.54, 1.807) is 0 Å². The molecule has 0 spiro atoms. The van der Waals surface area contributed by atoms with E-state index >= 15 is 0 Å². The van der Waals surface area contributed by atoms with Gasteiger partial charge in [-0.2, -0.15) is 0 Å². The number of benzene rings is 2. The summed E-state index contributed by atoms with van der Waals surface area (Å²) in [6, 6.07) is 16.4. The van der Waals surface area contributed by atoms with E-state index in [0.717, 1.165) is 16.5 Å². The van der Waals surface area contributed by atoms with Crippen LogP contribution in [0, 0.1) is 0 Å². The Morgan fingerprint density at radius 3 is 2.50 bits per heavy atom. The van der Waals surface area contributed by atoms with E-state index in [1.165, 1.54) is 11.1 Å². The number of rotatable bonds is 1. The molecular formula is C16H13BrO. The van der Waals surface area contributed by atoms with Gasteiger partial charge < -0.3 is 0 Å². The summed E-state index contributed by atoms with van der Waals surface area (Å²) >= 11 is 3.46. The Hall–Kier alpha value is -1.41. The molecule has 0 radical (unpaired) electrons. The van der Waals surface area contributed by atoms with Gasteiger partial charge in [-0.1, -0.05) is 52.3 Å². The van der Waals surface area contributed by atoms with Crippen LogP contribution in [0.4, 0.5) is 0 Å². The molecule has 0 saturated carbocycles. The molecule has 18 heavy (non-hydrogen) atoms. The summed E-state index contributed by atoms with van der Waals surface area (Å²) in [6.45, 7) is 0. The van der Waals surface area contributed by atoms with Crippen molar-refractivity contribution in [3.8, 4) is 0 Å². The third kappa shape index (κ3) is 2.01. The van der Waals surface area contributed by atoms with Crippen molar-refractivity contribution in [2.45, 2.75) is 18.8 Å². The van der Waals surface area contributed by atoms with E-state index < -0.39 is 0 Å². The molecule has 0 amide bonds. The Labute approximate surface area is 115 Å². The molecule has 0 saturated heterocycles. The molecule has 0 bridgehead atoms. The van der Waals surface area contributed by atoms with Gasteiger partial charge in [0, 0.05) is 22.4 Å². The van der Waals surface area contributed by atoms with Gasteiger partial charge in [0.1, 0.15) is 0 Å². The molecule has 2 aromatic rings. The van der Waals surface area contributed by atoms with Crippen LogP contribution >= 0.6 is 15.9 Å². The van der Waals surface area contributed by atoms with Crippen molar-refractivity contribution in [2.24, 2.45) is 0 Å². The highest BCUT2D eigenvalue weighted by molar-refractivity contribution is 9.10. The predicted molar refractivity (Wildman–Crippen MR) is 76.0 cm³/mol. The van der Waals surface area contributed by atoms with Crippen LogP contribution in [-0.2, 0) is 0 Å². The van der Waals surface area contributed by atoms with Crippen molar-refractivity contribution in [2.75, 3.05) is 0 Å². The number of carbonyl (C=O) groups is 1. The summed E-state index contributed by atoms with van der Waals surface area (Å²) in [7, 11) is 0. The van der Waals surface area contributed by atoms with Crippen molar-refractivity contribution in [3.63, 3.8) is 0 Å². The summed E-state index contributed by atoms with van der Waals surface area (Å²) in [6.07, 6.45) is 1.56. The summed E-state index contributed by atoms with van der Waals surface area (Å²) in [4.78, 5) is 11.9. The normalized spacial score (nSPS) is 18.5. The fourth-order valence-corrected chi connectivity index (χ4v) is 2.93. The quantitative estimate of drug-likeness (QED) is 0.755. The lowest BCUT2D eigenvalue weighted by atomic mass is 9.78. The summed E-state index contributed by atoms with van der Waals surface area (Å²) in [5, 5.41) is 0. The van der Waals surface area contributed by atoms with Crippen molar-refractivity contribution in [3.05, 3.63) is 69.7 Å². The van der Waals surface area contributed by atoms with Gasteiger partial charge in [-0.3, -0.25) is 4.79 Å². The first-order chi connectivity index (χ1) is 8.75. The number of hydrogen-bond donors (Lipinski definition) is 0. The van der Waals surface area contributed by atoms with E-state index in [-0.39, 0.29) is 5.78 Å². The lowest BCUT2D eigenvalue weighted by molar-refractivity contribution is 0.0969. The SMILES string of the molecule is O=C1CCC(c2ccc(Br)cc2)c2ccccc21. The third-order valence-electron chi connectivity index (χ3n) is 3.57. The lowest BCUT2D eigenvalue weighted by Gasteiger charge is -2.25. The van der Waals surface area contributed by atoms with Gasteiger partial charge in [0.05, 0.1) is 0 Å². The zero-order valence-corrected chi connectivity index (χ0v) is 11.5. The standard InChI is InChI=1S/C16H13BrO/c17-12-7-5-11(6-8-12)13-9-10-16(18)15-4-2-1-3-14(13)15/h1-8,13H,9-10H2. The van der Waals surface area contributed by atoms with Gasteiger partial charge in [-0.25, -0.2) is 0 Å². The molecule has 2 heteroatoms. The van der Waals surface area contributed by atoms with Gasteiger partial charge in [-0.15, -0.1) is 0 Å². The maximum atomic E-state index is 11.9. The molecule has 0 aromatic heterocycles. The number of ketones is 1. The van der Waals surface area contributed by atoms with Crippen LogP contribution < -0.4 is 0 Å². The van der Waals surface area contributed by atoms with E-state index in [9.17, 15) is 4.79 Å². The Balaban J connectivity index is 2.07. The van der Waals surface area contributed by atoms with Crippen molar-refractivity contribution in [1.29, 1.82) is 0 Å². The molecular weight excluding hydrogens is 288 g/mol. The summed E-state index contributed by atoms with van der Waals surface area (Å²) < 4.78 is 1.09. The minimum atomic E-state index is 0.277. The Morgan fingerprint density at radius 2 is 1.72 bits per heavy atom. The Bertz CT molecular complexity index is 586. The zero-order valence-electron chi connectivity index (χ0n) is 9.90. The fourth-order valence-electron chi connectivity index (χ4n) is 2.66. The van der Waals surface area contributed by atoms with Crippen LogP contribution in [0.3, 0.4) is 0 Å². The first-order valence-electron chi connectivity index (χ1n) is 6.13. The van der Waals surface area contributed by atoms with Gasteiger partial charge in [0.25, 0.3) is 0 Å². The molecule has 1 unspecified atom stereocenters. The summed E-state index contributed by atoms with van der Waals surface area (Å²) in [5.41, 5.74) is 3.37. The maximum Gasteiger partial charge on any atom is 0.163 e. The molecule has 1 aliphatic carbocycles. The number of hydrogen-bond acceptors (Lipinski definition) is 1. The third-order valence-corrected chi connectivity index (χ3v) is 4.10. The molecule has 3 rings (SSSR count). The van der Waals surface area contributed by atoms with Gasteiger partial charge in [0.2, 0.25) is 0 Å². The molecule has 90 valence electrons. The maximum absolute atomic E-state index is 11.9. The van der Waals surface area contributed by atoms with Crippen molar-refractivity contribution >= 4 is 21.7 Å². The molecule has 0 N–H and O–H groups in total. The minimum Gasteiger partial charge on any atom is -0.294 e. The predicted octanol–water partition coefficient (Wildman–Crippen LogP) is 4.56. The largest absolute Gasteiger partial charge is 0.294 e. The smallest absolute Gasteiger partial charge is 0.163 e. The average molecular weight is 301 g/mol. The van der Waals surface area contributed by atoms with Crippen LogP contribution in [-0.4, -0.2) is 5.78 Å². The highest BCUT2D eigenvalue weighted by atomic mass is 79.9. The van der Waals surface area contributed by atoms with E-state index in [0.29, 0.717) is 12.3 Å². The number of Topliss-reactive ketones (excluding diaryl/α,β-unsaturated/α-hetero) is 1. The van der Waals surface area contributed by atoms with Crippen LogP contribution in [0.2, 0.25) is 0 Å². The Morgan fingerprint density at radius 1 is 1.00 bits per heavy atom. The molecule has 0 heterocycles.